The second-order valence-electron chi connectivity index (χ2n) is 6.75. The van der Waals surface area contributed by atoms with Gasteiger partial charge in [0.05, 0.1) is 11.1 Å². The van der Waals surface area contributed by atoms with Crippen LogP contribution in [-0.2, 0) is 18.1 Å². The molecular weight excluding hydrogens is 373 g/mol. The molecule has 0 aliphatic carbocycles. The highest BCUT2D eigenvalue weighted by Crippen LogP contribution is 2.24. The minimum atomic E-state index is -0.552. The van der Waals surface area contributed by atoms with E-state index in [9.17, 15) is 14.0 Å². The van der Waals surface area contributed by atoms with E-state index in [-0.39, 0.29) is 23.3 Å². The van der Waals surface area contributed by atoms with Gasteiger partial charge >= 0.3 is 0 Å². The van der Waals surface area contributed by atoms with Crippen LogP contribution in [0.1, 0.15) is 37.4 Å². The smallest absolute Gasteiger partial charge is 0.285 e. The highest BCUT2D eigenvalue weighted by molar-refractivity contribution is 6.20. The minimum absolute atomic E-state index is 0.212. The van der Waals surface area contributed by atoms with Gasteiger partial charge in [-0.15, -0.1) is 5.06 Å². The fraction of sp³-hybridized carbons (Fsp3) is 0.130. The number of carbonyl (C=O) groups is 2. The maximum absolute atomic E-state index is 14.4. The largest absolute Gasteiger partial charge is 0.489 e. The maximum Gasteiger partial charge on any atom is 0.285 e. The molecule has 0 aromatic heterocycles. The molecule has 3 aromatic rings. The van der Waals surface area contributed by atoms with E-state index in [2.05, 4.69) is 0 Å². The summed E-state index contributed by atoms with van der Waals surface area (Å²) < 4.78 is 20.0. The summed E-state index contributed by atoms with van der Waals surface area (Å²) in [6.45, 7) is 2.07. The number of benzene rings is 3. The fourth-order valence-corrected chi connectivity index (χ4v) is 3.00. The summed E-state index contributed by atoms with van der Waals surface area (Å²) in [5.41, 5.74) is 2.90. The third-order valence-corrected chi connectivity index (χ3v) is 4.66. The number of amides is 2. The van der Waals surface area contributed by atoms with Gasteiger partial charge < -0.3 is 4.74 Å². The van der Waals surface area contributed by atoms with Crippen molar-refractivity contribution in [3.8, 4) is 5.75 Å². The van der Waals surface area contributed by atoms with Crippen molar-refractivity contribution in [3.05, 3.63) is 100 Å². The number of hydrogen-bond donors (Lipinski definition) is 0. The number of aryl methyl sites for hydroxylation is 1. The minimum Gasteiger partial charge on any atom is -0.489 e. The van der Waals surface area contributed by atoms with Crippen LogP contribution in [0.2, 0.25) is 0 Å². The third-order valence-electron chi connectivity index (χ3n) is 4.66. The molecule has 0 saturated carbocycles. The Labute approximate surface area is 167 Å². The van der Waals surface area contributed by atoms with Gasteiger partial charge in [-0.2, -0.15) is 0 Å². The number of hydroxylamine groups is 2. The molecule has 6 heteroatoms. The average Bonchev–Trinajstić information content (AvgIpc) is 2.97. The number of fused-ring (bicyclic) bond motifs is 1. The Bertz CT molecular complexity index is 1040. The first-order valence-electron chi connectivity index (χ1n) is 9.10. The molecule has 0 unspecified atom stereocenters. The molecule has 29 heavy (non-hydrogen) atoms. The molecule has 5 nitrogen and oxygen atoms in total. The van der Waals surface area contributed by atoms with E-state index in [0.717, 1.165) is 11.1 Å². The molecule has 1 heterocycles. The van der Waals surface area contributed by atoms with E-state index in [4.69, 9.17) is 9.57 Å². The first-order valence-corrected chi connectivity index (χ1v) is 9.10. The zero-order valence-electron chi connectivity index (χ0n) is 15.7. The molecule has 146 valence electrons. The van der Waals surface area contributed by atoms with Gasteiger partial charge in [0.25, 0.3) is 11.8 Å². The van der Waals surface area contributed by atoms with E-state index >= 15 is 0 Å². The third kappa shape index (κ3) is 3.88. The Morgan fingerprint density at radius 2 is 1.52 bits per heavy atom. The van der Waals surface area contributed by atoms with E-state index in [0.29, 0.717) is 17.4 Å². The van der Waals surface area contributed by atoms with Gasteiger partial charge in [-0.25, -0.2) is 4.39 Å². The summed E-state index contributed by atoms with van der Waals surface area (Å²) in [5.74, 6) is -1.26. The number of ether oxygens (including phenoxy) is 1. The van der Waals surface area contributed by atoms with Crippen LogP contribution in [0, 0.1) is 12.7 Å². The molecule has 0 bridgehead atoms. The van der Waals surface area contributed by atoms with Crippen LogP contribution < -0.4 is 4.74 Å². The fourth-order valence-electron chi connectivity index (χ4n) is 3.00. The van der Waals surface area contributed by atoms with Crippen LogP contribution in [0.15, 0.2) is 66.7 Å². The monoisotopic (exact) mass is 391 g/mol. The lowest BCUT2D eigenvalue weighted by Gasteiger charge is -2.14. The summed E-state index contributed by atoms with van der Waals surface area (Å²) >= 11 is 0. The number of halogens is 1. The quantitative estimate of drug-likeness (QED) is 0.583. The Kier molecular flexibility index (Phi) is 5.10. The van der Waals surface area contributed by atoms with Crippen molar-refractivity contribution in [3.63, 3.8) is 0 Å². The van der Waals surface area contributed by atoms with E-state index in [1.54, 1.807) is 30.3 Å². The SMILES string of the molecule is Cc1ccc(COc2ccc(CON3C(=O)c4ccccc4C3=O)c(F)c2)cc1. The predicted molar refractivity (Wildman–Crippen MR) is 104 cm³/mol. The molecule has 0 atom stereocenters. The first-order chi connectivity index (χ1) is 14.0. The van der Waals surface area contributed by atoms with Crippen molar-refractivity contribution < 1.29 is 23.6 Å². The van der Waals surface area contributed by atoms with Gasteiger partial charge in [0.15, 0.2) is 0 Å². The lowest BCUT2D eigenvalue weighted by Crippen LogP contribution is -2.29. The maximum atomic E-state index is 14.4. The van der Waals surface area contributed by atoms with Crippen molar-refractivity contribution in [1.82, 2.24) is 5.06 Å². The number of hydrogen-bond acceptors (Lipinski definition) is 4. The van der Waals surface area contributed by atoms with Crippen LogP contribution in [0.25, 0.3) is 0 Å². The highest BCUT2D eigenvalue weighted by atomic mass is 19.1. The van der Waals surface area contributed by atoms with Gasteiger partial charge in [0.1, 0.15) is 24.8 Å². The van der Waals surface area contributed by atoms with Crippen LogP contribution in [-0.4, -0.2) is 16.9 Å². The van der Waals surface area contributed by atoms with E-state index in [1.807, 2.05) is 31.2 Å². The molecule has 4 rings (SSSR count). The first kappa shape index (κ1) is 18.8. The number of imide groups is 1. The number of nitrogens with zero attached hydrogens (tertiary/aromatic N) is 1. The van der Waals surface area contributed by atoms with Gasteiger partial charge in [0, 0.05) is 11.6 Å². The molecule has 0 fully saturated rings. The van der Waals surface area contributed by atoms with Gasteiger partial charge in [-0.3, -0.25) is 14.4 Å². The molecule has 0 spiro atoms. The van der Waals surface area contributed by atoms with E-state index in [1.165, 1.54) is 12.1 Å². The molecular formula is C23H18FNO4. The zero-order valence-corrected chi connectivity index (χ0v) is 15.7. The predicted octanol–water partition coefficient (Wildman–Crippen LogP) is 4.44. The molecule has 0 radical (unpaired) electrons. The summed E-state index contributed by atoms with van der Waals surface area (Å²) in [7, 11) is 0. The Hall–Kier alpha value is -3.51. The molecule has 1 aliphatic heterocycles. The van der Waals surface area contributed by atoms with Crippen molar-refractivity contribution in [2.24, 2.45) is 0 Å². The normalized spacial score (nSPS) is 13.0. The van der Waals surface area contributed by atoms with E-state index < -0.39 is 17.6 Å². The van der Waals surface area contributed by atoms with Crippen LogP contribution in [0.5, 0.6) is 5.75 Å². The van der Waals surface area contributed by atoms with Crippen LogP contribution in [0.4, 0.5) is 4.39 Å². The topological polar surface area (TPSA) is 55.8 Å². The lowest BCUT2D eigenvalue weighted by molar-refractivity contribution is -0.101. The summed E-state index contributed by atoms with van der Waals surface area (Å²) in [6, 6.07) is 18.7. The van der Waals surface area contributed by atoms with Crippen LogP contribution in [0.3, 0.4) is 0 Å². The Balaban J connectivity index is 1.38. The van der Waals surface area contributed by atoms with Crippen molar-refractivity contribution in [1.29, 1.82) is 0 Å². The average molecular weight is 391 g/mol. The van der Waals surface area contributed by atoms with Crippen molar-refractivity contribution in [2.45, 2.75) is 20.1 Å². The Morgan fingerprint density at radius 1 is 0.862 bits per heavy atom. The molecule has 3 aromatic carbocycles. The Morgan fingerprint density at radius 3 is 2.14 bits per heavy atom. The second-order valence-corrected chi connectivity index (χ2v) is 6.75. The van der Waals surface area contributed by atoms with Crippen molar-refractivity contribution >= 4 is 11.8 Å². The number of rotatable bonds is 6. The summed E-state index contributed by atoms with van der Waals surface area (Å²) in [5, 5.41) is 0.673. The molecule has 1 aliphatic rings. The molecule has 0 saturated heterocycles. The second kappa shape index (κ2) is 7.85. The summed E-state index contributed by atoms with van der Waals surface area (Å²) in [4.78, 5) is 29.9. The van der Waals surface area contributed by atoms with Crippen molar-refractivity contribution in [2.75, 3.05) is 0 Å². The molecule has 0 N–H and O–H groups in total. The van der Waals surface area contributed by atoms with Gasteiger partial charge in [-0.05, 0) is 36.8 Å². The zero-order chi connectivity index (χ0) is 20.4. The highest BCUT2D eigenvalue weighted by Gasteiger charge is 2.36. The summed E-state index contributed by atoms with van der Waals surface area (Å²) in [6.07, 6.45) is 0. The lowest BCUT2D eigenvalue weighted by atomic mass is 10.1. The van der Waals surface area contributed by atoms with Gasteiger partial charge in [-0.1, -0.05) is 42.0 Å². The molecule has 2 amide bonds. The van der Waals surface area contributed by atoms with Crippen LogP contribution >= 0.6 is 0 Å². The van der Waals surface area contributed by atoms with Gasteiger partial charge in [0.2, 0.25) is 0 Å². The number of carbonyl (C=O) groups excluding carboxylic acids is 2. The standard InChI is InChI=1S/C23H18FNO4/c1-15-6-8-16(9-7-15)13-28-18-11-10-17(21(24)12-18)14-29-25-22(26)19-4-2-3-5-20(19)23(25)27/h2-12H,13-14H2,1H3.